The summed E-state index contributed by atoms with van der Waals surface area (Å²) in [5.41, 5.74) is -1.24. The lowest BCUT2D eigenvalue weighted by Crippen LogP contribution is -2.47. The fourth-order valence-corrected chi connectivity index (χ4v) is 2.00. The summed E-state index contributed by atoms with van der Waals surface area (Å²) >= 11 is 0. The Kier molecular flexibility index (Phi) is 2.72. The summed E-state index contributed by atoms with van der Waals surface area (Å²) in [5, 5.41) is 3.11. The van der Waals surface area contributed by atoms with Crippen LogP contribution in [-0.2, 0) is 4.79 Å². The molecule has 0 atom stereocenters. The predicted octanol–water partition coefficient (Wildman–Crippen LogP) is 0.700. The van der Waals surface area contributed by atoms with E-state index in [4.69, 9.17) is 0 Å². The molecule has 2 rings (SSSR count). The average Bonchev–Trinajstić information content (AvgIpc) is 2.00. The SMILES string of the molecule is O=C(CC1(F)CCNCC1)N1CCC1. The van der Waals surface area contributed by atoms with Crippen LogP contribution in [0, 0.1) is 0 Å². The van der Waals surface area contributed by atoms with Crippen molar-refractivity contribution in [2.75, 3.05) is 26.2 Å². The maximum Gasteiger partial charge on any atom is 0.225 e. The van der Waals surface area contributed by atoms with Crippen LogP contribution in [0.3, 0.4) is 0 Å². The zero-order valence-corrected chi connectivity index (χ0v) is 8.39. The van der Waals surface area contributed by atoms with Gasteiger partial charge in [0.05, 0.1) is 6.42 Å². The summed E-state index contributed by atoms with van der Waals surface area (Å²) in [7, 11) is 0. The van der Waals surface area contributed by atoms with Crippen molar-refractivity contribution >= 4 is 5.91 Å². The summed E-state index contributed by atoms with van der Waals surface area (Å²) < 4.78 is 14.1. The van der Waals surface area contributed by atoms with Crippen LogP contribution in [0.4, 0.5) is 4.39 Å². The highest BCUT2D eigenvalue weighted by atomic mass is 19.1. The van der Waals surface area contributed by atoms with E-state index < -0.39 is 5.67 Å². The van der Waals surface area contributed by atoms with E-state index in [1.54, 1.807) is 4.90 Å². The molecule has 1 N–H and O–H groups in total. The monoisotopic (exact) mass is 200 g/mol. The minimum atomic E-state index is -1.24. The zero-order valence-electron chi connectivity index (χ0n) is 8.39. The van der Waals surface area contributed by atoms with E-state index in [1.807, 2.05) is 0 Å². The number of carbonyl (C=O) groups is 1. The van der Waals surface area contributed by atoms with E-state index in [9.17, 15) is 9.18 Å². The summed E-state index contributed by atoms with van der Waals surface area (Å²) in [6.45, 7) is 3.05. The number of nitrogens with one attached hydrogen (secondary N) is 1. The van der Waals surface area contributed by atoms with Crippen LogP contribution in [0.15, 0.2) is 0 Å². The molecular formula is C10H17FN2O. The van der Waals surface area contributed by atoms with Crippen molar-refractivity contribution in [2.24, 2.45) is 0 Å². The number of halogens is 1. The summed E-state index contributed by atoms with van der Waals surface area (Å²) in [6.07, 6.45) is 2.13. The van der Waals surface area contributed by atoms with Crippen molar-refractivity contribution in [3.63, 3.8) is 0 Å². The van der Waals surface area contributed by atoms with Crippen LogP contribution in [0.1, 0.15) is 25.7 Å². The molecule has 0 aromatic carbocycles. The van der Waals surface area contributed by atoms with E-state index in [2.05, 4.69) is 5.32 Å². The molecule has 0 aromatic heterocycles. The Morgan fingerprint density at radius 3 is 2.50 bits per heavy atom. The molecule has 0 spiro atoms. The molecule has 2 aliphatic rings. The normalized spacial score (nSPS) is 25.6. The number of hydrogen-bond acceptors (Lipinski definition) is 2. The molecule has 2 aliphatic heterocycles. The molecule has 1 amide bonds. The molecule has 3 nitrogen and oxygen atoms in total. The fourth-order valence-electron chi connectivity index (χ4n) is 2.00. The van der Waals surface area contributed by atoms with Gasteiger partial charge in [-0.15, -0.1) is 0 Å². The van der Waals surface area contributed by atoms with Gasteiger partial charge < -0.3 is 10.2 Å². The molecular weight excluding hydrogens is 183 g/mol. The van der Waals surface area contributed by atoms with Crippen molar-refractivity contribution < 1.29 is 9.18 Å². The first-order valence-corrected chi connectivity index (χ1v) is 5.37. The molecule has 2 heterocycles. The number of carbonyl (C=O) groups excluding carboxylic acids is 1. The van der Waals surface area contributed by atoms with Gasteiger partial charge in [-0.25, -0.2) is 4.39 Å². The van der Waals surface area contributed by atoms with Gasteiger partial charge in [-0.3, -0.25) is 4.79 Å². The van der Waals surface area contributed by atoms with Gasteiger partial charge in [0, 0.05) is 13.1 Å². The van der Waals surface area contributed by atoms with Gasteiger partial charge in [-0.1, -0.05) is 0 Å². The summed E-state index contributed by atoms with van der Waals surface area (Å²) in [4.78, 5) is 13.3. The van der Waals surface area contributed by atoms with Gasteiger partial charge >= 0.3 is 0 Å². The van der Waals surface area contributed by atoms with E-state index >= 15 is 0 Å². The van der Waals surface area contributed by atoms with Crippen LogP contribution >= 0.6 is 0 Å². The molecule has 0 radical (unpaired) electrons. The second kappa shape index (κ2) is 3.85. The van der Waals surface area contributed by atoms with Gasteiger partial charge in [-0.2, -0.15) is 0 Å². The first kappa shape index (κ1) is 9.90. The Balaban J connectivity index is 1.84. The smallest absolute Gasteiger partial charge is 0.225 e. The Morgan fingerprint density at radius 1 is 1.36 bits per heavy atom. The molecule has 2 saturated heterocycles. The third kappa shape index (κ3) is 2.05. The molecule has 0 bridgehead atoms. The van der Waals surface area contributed by atoms with Crippen LogP contribution in [0.25, 0.3) is 0 Å². The van der Waals surface area contributed by atoms with Crippen LogP contribution in [0.5, 0.6) is 0 Å². The summed E-state index contributed by atoms with van der Waals surface area (Å²) in [5.74, 6) is 0.000602. The topological polar surface area (TPSA) is 32.3 Å². The Morgan fingerprint density at radius 2 is 2.00 bits per heavy atom. The van der Waals surface area contributed by atoms with Crippen molar-refractivity contribution in [1.29, 1.82) is 0 Å². The van der Waals surface area contributed by atoms with Crippen molar-refractivity contribution in [2.45, 2.75) is 31.4 Å². The lowest BCUT2D eigenvalue weighted by atomic mass is 9.90. The number of piperidine rings is 1. The lowest BCUT2D eigenvalue weighted by molar-refractivity contribution is -0.138. The minimum Gasteiger partial charge on any atom is -0.342 e. The number of likely N-dealkylation sites (tertiary alicyclic amines) is 1. The van der Waals surface area contributed by atoms with E-state index in [0.717, 1.165) is 19.5 Å². The standard InChI is InChI=1S/C10H17FN2O/c11-10(2-4-12-5-3-10)8-9(14)13-6-1-7-13/h12H,1-8H2. The van der Waals surface area contributed by atoms with Gasteiger partial charge in [0.2, 0.25) is 5.91 Å². The molecule has 2 fully saturated rings. The Bertz CT molecular complexity index is 222. The minimum absolute atomic E-state index is 0.000602. The second-order valence-corrected chi connectivity index (χ2v) is 4.31. The zero-order chi connectivity index (χ0) is 10.0. The van der Waals surface area contributed by atoms with E-state index in [0.29, 0.717) is 25.9 Å². The van der Waals surface area contributed by atoms with Crippen LogP contribution < -0.4 is 5.32 Å². The van der Waals surface area contributed by atoms with Gasteiger partial charge in [0.15, 0.2) is 0 Å². The van der Waals surface area contributed by atoms with Gasteiger partial charge in [-0.05, 0) is 32.4 Å². The van der Waals surface area contributed by atoms with E-state index in [1.165, 1.54) is 0 Å². The molecule has 14 heavy (non-hydrogen) atoms. The quantitative estimate of drug-likeness (QED) is 0.711. The number of hydrogen-bond donors (Lipinski definition) is 1. The first-order valence-electron chi connectivity index (χ1n) is 5.37. The summed E-state index contributed by atoms with van der Waals surface area (Å²) in [6, 6.07) is 0. The number of alkyl halides is 1. The average molecular weight is 200 g/mol. The molecule has 80 valence electrons. The maximum atomic E-state index is 14.1. The second-order valence-electron chi connectivity index (χ2n) is 4.31. The molecule has 4 heteroatoms. The molecule has 0 saturated carbocycles. The first-order chi connectivity index (χ1) is 6.70. The highest BCUT2D eigenvalue weighted by Gasteiger charge is 2.36. The number of amides is 1. The number of nitrogens with zero attached hydrogens (tertiary/aromatic N) is 1. The molecule has 0 aromatic rings. The van der Waals surface area contributed by atoms with Crippen molar-refractivity contribution in [3.05, 3.63) is 0 Å². The maximum absolute atomic E-state index is 14.1. The van der Waals surface area contributed by atoms with Crippen LogP contribution in [-0.4, -0.2) is 42.7 Å². The van der Waals surface area contributed by atoms with Crippen molar-refractivity contribution in [1.82, 2.24) is 10.2 Å². The fraction of sp³-hybridized carbons (Fsp3) is 0.900. The third-order valence-electron chi connectivity index (χ3n) is 3.18. The van der Waals surface area contributed by atoms with Crippen LogP contribution in [0.2, 0.25) is 0 Å². The lowest BCUT2D eigenvalue weighted by Gasteiger charge is -2.35. The Labute approximate surface area is 83.6 Å². The molecule has 0 unspecified atom stereocenters. The van der Waals surface area contributed by atoms with Crippen molar-refractivity contribution in [3.8, 4) is 0 Å². The van der Waals surface area contributed by atoms with Gasteiger partial charge in [0.25, 0.3) is 0 Å². The highest BCUT2D eigenvalue weighted by Crippen LogP contribution is 2.28. The molecule has 0 aliphatic carbocycles. The van der Waals surface area contributed by atoms with Gasteiger partial charge in [0.1, 0.15) is 5.67 Å². The third-order valence-corrected chi connectivity index (χ3v) is 3.18. The van der Waals surface area contributed by atoms with E-state index in [-0.39, 0.29) is 12.3 Å². The Hall–Kier alpha value is -0.640. The number of rotatable bonds is 2. The predicted molar refractivity (Wildman–Crippen MR) is 51.8 cm³/mol. The largest absolute Gasteiger partial charge is 0.342 e. The highest BCUT2D eigenvalue weighted by molar-refractivity contribution is 5.78.